The number of ether oxygens (including phenoxy) is 1. The minimum absolute atomic E-state index is 0.0336. The fourth-order valence-corrected chi connectivity index (χ4v) is 2.24. The number of anilines is 2. The van der Waals surface area contributed by atoms with Gasteiger partial charge in [0.15, 0.2) is 0 Å². The SMILES string of the molecule is COc1n[nH]c(NC(=O)CC2C(=O)Nc3ccccc32)n1. The fraction of sp³-hybridized carbons (Fsp3) is 0.231. The van der Waals surface area contributed by atoms with Gasteiger partial charge in [0.05, 0.1) is 13.0 Å². The Hall–Kier alpha value is -2.90. The molecule has 1 aliphatic heterocycles. The van der Waals surface area contributed by atoms with Crippen molar-refractivity contribution >= 4 is 23.5 Å². The van der Waals surface area contributed by atoms with E-state index in [1.165, 1.54) is 7.11 Å². The van der Waals surface area contributed by atoms with Crippen molar-refractivity contribution in [1.82, 2.24) is 15.2 Å². The fourth-order valence-electron chi connectivity index (χ4n) is 2.24. The highest BCUT2D eigenvalue weighted by molar-refractivity contribution is 6.06. The summed E-state index contributed by atoms with van der Waals surface area (Å²) in [6.07, 6.45) is 0.0336. The van der Waals surface area contributed by atoms with E-state index in [4.69, 9.17) is 4.74 Å². The lowest BCUT2D eigenvalue weighted by atomic mass is 9.97. The zero-order valence-electron chi connectivity index (χ0n) is 11.2. The number of carbonyl (C=O) groups excluding carboxylic acids is 2. The van der Waals surface area contributed by atoms with Crippen LogP contribution in [0, 0.1) is 0 Å². The minimum atomic E-state index is -0.494. The molecule has 0 bridgehead atoms. The molecule has 2 heterocycles. The van der Waals surface area contributed by atoms with E-state index in [0.29, 0.717) is 0 Å². The molecule has 1 aromatic carbocycles. The van der Waals surface area contributed by atoms with Crippen LogP contribution in [0.15, 0.2) is 24.3 Å². The number of hydrogen-bond acceptors (Lipinski definition) is 5. The third kappa shape index (κ3) is 2.55. The molecule has 3 rings (SSSR count). The molecule has 1 aliphatic rings. The van der Waals surface area contributed by atoms with E-state index in [9.17, 15) is 9.59 Å². The Balaban J connectivity index is 1.69. The minimum Gasteiger partial charge on any atom is -0.466 e. The average Bonchev–Trinajstić information content (AvgIpc) is 3.04. The monoisotopic (exact) mass is 287 g/mol. The van der Waals surface area contributed by atoms with Gasteiger partial charge >= 0.3 is 6.01 Å². The van der Waals surface area contributed by atoms with Crippen LogP contribution in [0.4, 0.5) is 11.6 Å². The molecule has 21 heavy (non-hydrogen) atoms. The molecule has 8 nitrogen and oxygen atoms in total. The molecular formula is C13H13N5O3. The van der Waals surface area contributed by atoms with Crippen LogP contribution in [0.2, 0.25) is 0 Å². The average molecular weight is 287 g/mol. The summed E-state index contributed by atoms with van der Waals surface area (Å²) in [5.74, 6) is -0.818. The number of H-pyrrole nitrogens is 1. The zero-order chi connectivity index (χ0) is 14.8. The number of hydrogen-bond donors (Lipinski definition) is 3. The topological polar surface area (TPSA) is 109 Å². The van der Waals surface area contributed by atoms with Crippen molar-refractivity contribution < 1.29 is 14.3 Å². The van der Waals surface area contributed by atoms with Crippen molar-refractivity contribution in [2.75, 3.05) is 17.7 Å². The van der Waals surface area contributed by atoms with Gasteiger partial charge in [-0.1, -0.05) is 18.2 Å². The summed E-state index contributed by atoms with van der Waals surface area (Å²) in [5.41, 5.74) is 1.58. The number of carbonyl (C=O) groups is 2. The number of rotatable bonds is 4. The first kappa shape index (κ1) is 13.1. The molecule has 2 amide bonds. The number of amides is 2. The van der Waals surface area contributed by atoms with Gasteiger partial charge in [-0.3, -0.25) is 14.9 Å². The maximum Gasteiger partial charge on any atom is 0.336 e. The van der Waals surface area contributed by atoms with Crippen LogP contribution in [0.5, 0.6) is 6.01 Å². The standard InChI is InChI=1S/C13H13N5O3/c1-21-13-16-12(17-18-13)15-10(19)6-8-7-4-2-3-5-9(7)14-11(8)20/h2-5,8H,6H2,1H3,(H,14,20)(H2,15,16,17,18,19). The van der Waals surface area contributed by atoms with E-state index in [1.54, 1.807) is 0 Å². The van der Waals surface area contributed by atoms with Gasteiger partial charge in [0.25, 0.3) is 0 Å². The number of nitrogens with one attached hydrogen (secondary N) is 3. The van der Waals surface area contributed by atoms with Crippen molar-refractivity contribution in [2.45, 2.75) is 12.3 Å². The second-order valence-electron chi connectivity index (χ2n) is 4.55. The Kier molecular flexibility index (Phi) is 3.27. The van der Waals surface area contributed by atoms with Gasteiger partial charge in [0.2, 0.25) is 17.8 Å². The Morgan fingerprint density at radius 3 is 3.00 bits per heavy atom. The van der Waals surface area contributed by atoms with Gasteiger partial charge in [-0.05, 0) is 11.6 Å². The molecule has 0 fully saturated rings. The summed E-state index contributed by atoms with van der Waals surface area (Å²) in [4.78, 5) is 27.8. The number of aromatic amines is 1. The number of aromatic nitrogens is 3. The molecule has 0 aliphatic carbocycles. The van der Waals surface area contributed by atoms with Gasteiger partial charge in [-0.15, -0.1) is 5.10 Å². The summed E-state index contributed by atoms with van der Waals surface area (Å²) in [7, 11) is 1.43. The molecule has 0 saturated heterocycles. The third-order valence-electron chi connectivity index (χ3n) is 3.21. The lowest BCUT2D eigenvalue weighted by Gasteiger charge is -2.07. The van der Waals surface area contributed by atoms with Gasteiger partial charge in [0.1, 0.15) is 0 Å². The summed E-state index contributed by atoms with van der Waals surface area (Å²) in [5, 5.41) is 11.5. The van der Waals surface area contributed by atoms with Crippen LogP contribution in [0.1, 0.15) is 17.9 Å². The van der Waals surface area contributed by atoms with Crippen molar-refractivity contribution in [3.05, 3.63) is 29.8 Å². The molecule has 0 radical (unpaired) electrons. The predicted molar refractivity (Wildman–Crippen MR) is 74.0 cm³/mol. The highest BCUT2D eigenvalue weighted by Crippen LogP contribution is 2.34. The largest absolute Gasteiger partial charge is 0.466 e. The highest BCUT2D eigenvalue weighted by atomic mass is 16.5. The molecule has 1 unspecified atom stereocenters. The molecule has 2 aromatic rings. The Bertz CT molecular complexity index is 697. The molecule has 108 valence electrons. The Labute approximate surface area is 119 Å². The number of para-hydroxylation sites is 1. The van der Waals surface area contributed by atoms with Crippen LogP contribution in [0.3, 0.4) is 0 Å². The summed E-state index contributed by atoms with van der Waals surface area (Å²) in [6, 6.07) is 7.46. The first-order chi connectivity index (χ1) is 10.2. The zero-order valence-corrected chi connectivity index (χ0v) is 11.2. The maximum atomic E-state index is 12.0. The summed E-state index contributed by atoms with van der Waals surface area (Å²) >= 11 is 0. The second kappa shape index (κ2) is 5.23. The lowest BCUT2D eigenvalue weighted by Crippen LogP contribution is -2.20. The van der Waals surface area contributed by atoms with Crippen molar-refractivity contribution in [2.24, 2.45) is 0 Å². The van der Waals surface area contributed by atoms with E-state index in [0.717, 1.165) is 11.3 Å². The van der Waals surface area contributed by atoms with Gasteiger partial charge in [-0.25, -0.2) is 5.10 Å². The van der Waals surface area contributed by atoms with Crippen LogP contribution in [0.25, 0.3) is 0 Å². The van der Waals surface area contributed by atoms with Crippen LogP contribution in [-0.2, 0) is 9.59 Å². The van der Waals surface area contributed by atoms with Crippen LogP contribution >= 0.6 is 0 Å². The molecule has 0 saturated carbocycles. The number of nitrogens with zero attached hydrogens (tertiary/aromatic N) is 2. The Morgan fingerprint density at radius 2 is 2.24 bits per heavy atom. The normalized spacial score (nSPS) is 16.2. The maximum absolute atomic E-state index is 12.0. The van der Waals surface area contributed by atoms with Crippen LogP contribution in [-0.4, -0.2) is 34.1 Å². The van der Waals surface area contributed by atoms with E-state index in [2.05, 4.69) is 25.8 Å². The second-order valence-corrected chi connectivity index (χ2v) is 4.55. The van der Waals surface area contributed by atoms with Crippen molar-refractivity contribution in [3.63, 3.8) is 0 Å². The number of methoxy groups -OCH3 is 1. The lowest BCUT2D eigenvalue weighted by molar-refractivity contribution is -0.122. The predicted octanol–water partition coefficient (Wildman–Crippen LogP) is 0.878. The molecule has 1 aromatic heterocycles. The number of benzene rings is 1. The molecule has 1 atom stereocenters. The van der Waals surface area contributed by atoms with Crippen LogP contribution < -0.4 is 15.4 Å². The van der Waals surface area contributed by atoms with Gasteiger partial charge in [0, 0.05) is 12.1 Å². The molecule has 0 spiro atoms. The van der Waals surface area contributed by atoms with E-state index < -0.39 is 5.92 Å². The quantitative estimate of drug-likeness (QED) is 0.773. The van der Waals surface area contributed by atoms with Crippen molar-refractivity contribution in [3.8, 4) is 6.01 Å². The molecule has 8 heteroatoms. The first-order valence-corrected chi connectivity index (χ1v) is 6.33. The molecule has 3 N–H and O–H groups in total. The van der Waals surface area contributed by atoms with E-state index in [1.807, 2.05) is 24.3 Å². The molecular weight excluding hydrogens is 274 g/mol. The van der Waals surface area contributed by atoms with E-state index >= 15 is 0 Å². The Morgan fingerprint density at radius 1 is 1.43 bits per heavy atom. The first-order valence-electron chi connectivity index (χ1n) is 6.33. The van der Waals surface area contributed by atoms with E-state index in [-0.39, 0.29) is 30.2 Å². The summed E-state index contributed by atoms with van der Waals surface area (Å²) in [6.45, 7) is 0. The third-order valence-corrected chi connectivity index (χ3v) is 3.21. The summed E-state index contributed by atoms with van der Waals surface area (Å²) < 4.78 is 4.80. The number of fused-ring (bicyclic) bond motifs is 1. The smallest absolute Gasteiger partial charge is 0.336 e. The highest BCUT2D eigenvalue weighted by Gasteiger charge is 2.32. The van der Waals surface area contributed by atoms with Gasteiger partial charge in [-0.2, -0.15) is 4.98 Å². The van der Waals surface area contributed by atoms with Crippen molar-refractivity contribution in [1.29, 1.82) is 0 Å². The van der Waals surface area contributed by atoms with Gasteiger partial charge < -0.3 is 10.1 Å².